The summed E-state index contributed by atoms with van der Waals surface area (Å²) >= 11 is 3.48. The molecule has 0 bridgehead atoms. The van der Waals surface area contributed by atoms with Crippen LogP contribution in [-0.4, -0.2) is 20.7 Å². The van der Waals surface area contributed by atoms with E-state index in [4.69, 9.17) is 4.42 Å². The Balaban J connectivity index is 1.55. The number of furan rings is 1. The first-order valence-corrected chi connectivity index (χ1v) is 10.5. The van der Waals surface area contributed by atoms with E-state index in [1.54, 1.807) is 24.5 Å². The summed E-state index contributed by atoms with van der Waals surface area (Å²) < 4.78 is 7.72. The summed E-state index contributed by atoms with van der Waals surface area (Å²) in [6.07, 6.45) is 1.55. The van der Waals surface area contributed by atoms with Gasteiger partial charge in [-0.25, -0.2) is 0 Å². The summed E-state index contributed by atoms with van der Waals surface area (Å²) in [5.41, 5.74) is 1.60. The third kappa shape index (κ3) is 3.87. The van der Waals surface area contributed by atoms with Crippen molar-refractivity contribution in [2.24, 2.45) is 0 Å². The third-order valence-electron chi connectivity index (χ3n) is 4.90. The van der Waals surface area contributed by atoms with Crippen LogP contribution >= 0.6 is 15.9 Å². The van der Waals surface area contributed by atoms with Crippen LogP contribution in [0.1, 0.15) is 15.9 Å². The lowest BCUT2D eigenvalue weighted by atomic mass is 10.0. The number of aromatic nitrogens is 3. The number of benzene rings is 3. The molecular weight excluding hydrogens is 456 g/mol. The lowest BCUT2D eigenvalue weighted by Gasteiger charge is -2.09. The largest absolute Gasteiger partial charge is 0.461 e. The molecule has 5 rings (SSSR count). The SMILES string of the molecule is O=C(c1cccc2ccccc12)n1nc(-c2ccco2)nc1NCc1cccc(Br)c1. The predicted molar refractivity (Wildman–Crippen MR) is 123 cm³/mol. The summed E-state index contributed by atoms with van der Waals surface area (Å²) in [5, 5.41) is 9.55. The van der Waals surface area contributed by atoms with Gasteiger partial charge in [-0.1, -0.05) is 64.5 Å². The summed E-state index contributed by atoms with van der Waals surface area (Å²) in [4.78, 5) is 18.0. The normalized spacial score (nSPS) is 11.0. The van der Waals surface area contributed by atoms with Crippen LogP contribution in [0.25, 0.3) is 22.4 Å². The first-order valence-electron chi connectivity index (χ1n) is 9.71. The Morgan fingerprint density at radius 1 is 1.00 bits per heavy atom. The molecule has 0 fully saturated rings. The van der Waals surface area contributed by atoms with Crippen molar-refractivity contribution in [1.82, 2.24) is 14.8 Å². The second-order valence-corrected chi connectivity index (χ2v) is 7.88. The lowest BCUT2D eigenvalue weighted by molar-refractivity contribution is 0.0949. The van der Waals surface area contributed by atoms with Crippen molar-refractivity contribution in [2.45, 2.75) is 6.54 Å². The molecule has 0 atom stereocenters. The molecule has 1 N–H and O–H groups in total. The molecule has 0 aliphatic heterocycles. The van der Waals surface area contributed by atoms with Crippen molar-refractivity contribution in [2.75, 3.05) is 5.32 Å². The van der Waals surface area contributed by atoms with Gasteiger partial charge in [0.15, 0.2) is 5.76 Å². The maximum absolute atomic E-state index is 13.5. The van der Waals surface area contributed by atoms with Crippen LogP contribution in [0.5, 0.6) is 0 Å². The molecule has 31 heavy (non-hydrogen) atoms. The number of carbonyl (C=O) groups is 1. The summed E-state index contributed by atoms with van der Waals surface area (Å²) in [5.74, 6) is 0.925. The average Bonchev–Trinajstić information content (AvgIpc) is 3.47. The van der Waals surface area contributed by atoms with Gasteiger partial charge in [-0.3, -0.25) is 4.79 Å². The average molecular weight is 473 g/mol. The maximum Gasteiger partial charge on any atom is 0.282 e. The first kappa shape index (κ1) is 19.3. The van der Waals surface area contributed by atoms with Gasteiger partial charge in [-0.15, -0.1) is 5.10 Å². The van der Waals surface area contributed by atoms with E-state index in [1.807, 2.05) is 60.7 Å². The Morgan fingerprint density at radius 3 is 2.68 bits per heavy atom. The number of anilines is 1. The Bertz CT molecular complexity index is 1370. The Labute approximate surface area is 186 Å². The van der Waals surface area contributed by atoms with E-state index < -0.39 is 0 Å². The molecule has 0 amide bonds. The quantitative estimate of drug-likeness (QED) is 0.352. The van der Waals surface area contributed by atoms with Crippen LogP contribution in [0.4, 0.5) is 5.95 Å². The van der Waals surface area contributed by atoms with Crippen LogP contribution in [0.15, 0.2) is 94.0 Å². The van der Waals surface area contributed by atoms with Crippen molar-refractivity contribution in [3.05, 3.63) is 101 Å². The van der Waals surface area contributed by atoms with Crippen LogP contribution in [0.3, 0.4) is 0 Å². The van der Waals surface area contributed by atoms with E-state index in [2.05, 4.69) is 31.3 Å². The molecule has 0 spiro atoms. The number of halogens is 1. The Kier molecular flexibility index (Phi) is 5.09. The topological polar surface area (TPSA) is 73.0 Å². The van der Waals surface area contributed by atoms with E-state index >= 15 is 0 Å². The van der Waals surface area contributed by atoms with E-state index in [1.165, 1.54) is 4.68 Å². The van der Waals surface area contributed by atoms with Crippen molar-refractivity contribution in [3.63, 3.8) is 0 Å². The molecule has 152 valence electrons. The molecular formula is C24H17BrN4O2. The number of carbonyl (C=O) groups excluding carboxylic acids is 1. The number of hydrogen-bond acceptors (Lipinski definition) is 5. The molecule has 0 radical (unpaired) electrons. The van der Waals surface area contributed by atoms with Crippen molar-refractivity contribution < 1.29 is 9.21 Å². The number of hydrogen-bond donors (Lipinski definition) is 1. The van der Waals surface area contributed by atoms with Crippen molar-refractivity contribution >= 4 is 38.6 Å². The molecule has 2 heterocycles. The molecule has 0 saturated carbocycles. The molecule has 5 aromatic rings. The second kappa shape index (κ2) is 8.20. The lowest BCUT2D eigenvalue weighted by Crippen LogP contribution is -2.18. The predicted octanol–water partition coefficient (Wildman–Crippen LogP) is 5.75. The molecule has 3 aromatic carbocycles. The molecule has 7 heteroatoms. The third-order valence-corrected chi connectivity index (χ3v) is 5.39. The second-order valence-electron chi connectivity index (χ2n) is 6.96. The zero-order valence-corrected chi connectivity index (χ0v) is 17.9. The summed E-state index contributed by atoms with van der Waals surface area (Å²) in [6, 6.07) is 24.9. The monoisotopic (exact) mass is 472 g/mol. The minimum atomic E-state index is -0.265. The van der Waals surface area contributed by atoms with Gasteiger partial charge in [0, 0.05) is 16.6 Å². The van der Waals surface area contributed by atoms with Crippen molar-refractivity contribution in [3.8, 4) is 11.6 Å². The Hall–Kier alpha value is -3.71. The molecule has 2 aromatic heterocycles. The molecule has 0 aliphatic carbocycles. The van der Waals surface area contributed by atoms with Gasteiger partial charge in [0.1, 0.15) is 0 Å². The fourth-order valence-electron chi connectivity index (χ4n) is 3.43. The minimum absolute atomic E-state index is 0.265. The number of rotatable bonds is 5. The number of nitrogens with one attached hydrogen (secondary N) is 1. The van der Waals surface area contributed by atoms with Gasteiger partial charge >= 0.3 is 0 Å². The van der Waals surface area contributed by atoms with E-state index in [0.717, 1.165) is 20.8 Å². The van der Waals surface area contributed by atoms with Gasteiger partial charge in [0.05, 0.1) is 6.26 Å². The highest BCUT2D eigenvalue weighted by Crippen LogP contribution is 2.23. The summed E-state index contributed by atoms with van der Waals surface area (Å²) in [7, 11) is 0. The van der Waals surface area contributed by atoms with Gasteiger partial charge in [0.25, 0.3) is 5.91 Å². The fourth-order valence-corrected chi connectivity index (χ4v) is 3.88. The van der Waals surface area contributed by atoms with E-state index in [-0.39, 0.29) is 5.91 Å². The van der Waals surface area contributed by atoms with Crippen molar-refractivity contribution in [1.29, 1.82) is 0 Å². The molecule has 0 saturated heterocycles. The molecule has 6 nitrogen and oxygen atoms in total. The van der Waals surface area contributed by atoms with Crippen LogP contribution in [0.2, 0.25) is 0 Å². The fraction of sp³-hybridized carbons (Fsp3) is 0.0417. The van der Waals surface area contributed by atoms with Crippen LogP contribution in [-0.2, 0) is 6.54 Å². The Morgan fingerprint density at radius 2 is 1.84 bits per heavy atom. The van der Waals surface area contributed by atoms with Crippen LogP contribution < -0.4 is 5.32 Å². The first-order chi connectivity index (χ1) is 15.2. The highest BCUT2D eigenvalue weighted by molar-refractivity contribution is 9.10. The van der Waals surface area contributed by atoms with Gasteiger partial charge < -0.3 is 9.73 Å². The van der Waals surface area contributed by atoms with E-state index in [9.17, 15) is 4.79 Å². The number of fused-ring (bicyclic) bond motifs is 1. The smallest absolute Gasteiger partial charge is 0.282 e. The highest BCUT2D eigenvalue weighted by Gasteiger charge is 2.21. The molecule has 0 aliphatic rings. The zero-order valence-electron chi connectivity index (χ0n) is 16.3. The molecule has 0 unspecified atom stereocenters. The van der Waals surface area contributed by atoms with Gasteiger partial charge in [0.2, 0.25) is 11.8 Å². The van der Waals surface area contributed by atoms with Gasteiger partial charge in [-0.05, 0) is 46.7 Å². The highest BCUT2D eigenvalue weighted by atomic mass is 79.9. The maximum atomic E-state index is 13.5. The number of nitrogens with zero attached hydrogens (tertiary/aromatic N) is 3. The minimum Gasteiger partial charge on any atom is -0.461 e. The summed E-state index contributed by atoms with van der Waals surface area (Å²) in [6.45, 7) is 0.485. The van der Waals surface area contributed by atoms with E-state index in [0.29, 0.717) is 29.6 Å². The zero-order chi connectivity index (χ0) is 21.2. The van der Waals surface area contributed by atoms with Crippen LogP contribution in [0, 0.1) is 0 Å². The standard InChI is InChI=1S/C24H17BrN4O2/c25-18-9-3-6-16(14-18)15-26-24-27-22(21-12-5-13-31-21)28-29(24)23(30)20-11-4-8-17-7-1-2-10-19(17)20/h1-14H,15H2,(H,26,27,28). The van der Waals surface area contributed by atoms with Gasteiger partial charge in [-0.2, -0.15) is 9.67 Å².